The van der Waals surface area contributed by atoms with E-state index in [1.807, 2.05) is 0 Å². The highest BCUT2D eigenvalue weighted by Gasteiger charge is 2.35. The molecule has 4 nitrogen and oxygen atoms in total. The van der Waals surface area contributed by atoms with Crippen LogP contribution in [0.4, 0.5) is 0 Å². The fraction of sp³-hybridized carbons (Fsp3) is 0.588. The highest BCUT2D eigenvalue weighted by Crippen LogP contribution is 2.42. The van der Waals surface area contributed by atoms with Crippen molar-refractivity contribution in [1.29, 1.82) is 0 Å². The van der Waals surface area contributed by atoms with Crippen molar-refractivity contribution in [3.63, 3.8) is 0 Å². The third kappa shape index (κ3) is 4.60. The Morgan fingerprint density at radius 2 is 1.96 bits per heavy atom. The minimum absolute atomic E-state index is 0. The van der Waals surface area contributed by atoms with E-state index in [9.17, 15) is 0 Å². The van der Waals surface area contributed by atoms with Crippen LogP contribution in [0.1, 0.15) is 31.2 Å². The number of halogens is 2. The summed E-state index contributed by atoms with van der Waals surface area (Å²) in [6, 6.07) is 8.67. The summed E-state index contributed by atoms with van der Waals surface area (Å²) in [5.74, 6) is 0.671. The summed E-state index contributed by atoms with van der Waals surface area (Å²) < 4.78 is 6.51. The maximum absolute atomic E-state index is 6.20. The van der Waals surface area contributed by atoms with Crippen molar-refractivity contribution in [2.45, 2.75) is 31.1 Å². The van der Waals surface area contributed by atoms with Crippen LogP contribution in [0.2, 0.25) is 0 Å². The van der Waals surface area contributed by atoms with Crippen molar-refractivity contribution in [1.82, 2.24) is 4.90 Å². The largest absolute Gasteiger partial charge is 0.378 e. The molecule has 23 heavy (non-hydrogen) atoms. The third-order valence-electron chi connectivity index (χ3n) is 4.88. The lowest BCUT2D eigenvalue weighted by atomic mass is 9.79. The van der Waals surface area contributed by atoms with Crippen LogP contribution >= 0.6 is 39.9 Å². The van der Waals surface area contributed by atoms with Gasteiger partial charge >= 0.3 is 0 Å². The summed E-state index contributed by atoms with van der Waals surface area (Å²) in [6.07, 6.45) is 4.95. The Morgan fingerprint density at radius 3 is 2.61 bits per heavy atom. The molecule has 0 radical (unpaired) electrons. The van der Waals surface area contributed by atoms with Crippen LogP contribution in [0.15, 0.2) is 33.7 Å². The van der Waals surface area contributed by atoms with E-state index in [4.69, 9.17) is 15.5 Å². The van der Waals surface area contributed by atoms with E-state index >= 15 is 0 Å². The lowest BCUT2D eigenvalue weighted by molar-refractivity contribution is 0.0673. The fourth-order valence-corrected chi connectivity index (χ4v) is 3.93. The van der Waals surface area contributed by atoms with Gasteiger partial charge in [0, 0.05) is 23.0 Å². The van der Waals surface area contributed by atoms with Crippen molar-refractivity contribution < 1.29 is 4.74 Å². The number of ether oxygens (including phenoxy) is 1. The molecular formula is C17H25BrIN3O. The second-order valence-corrected chi connectivity index (χ2v) is 7.19. The number of hydrogen-bond donors (Lipinski definition) is 1. The minimum Gasteiger partial charge on any atom is -0.378 e. The van der Waals surface area contributed by atoms with E-state index in [1.54, 1.807) is 0 Å². The molecule has 2 fully saturated rings. The zero-order valence-electron chi connectivity index (χ0n) is 13.3. The molecule has 6 heteroatoms. The molecule has 0 atom stereocenters. The summed E-state index contributed by atoms with van der Waals surface area (Å²) in [4.78, 5) is 6.89. The van der Waals surface area contributed by atoms with Gasteiger partial charge in [-0.3, -0.25) is 4.99 Å². The van der Waals surface area contributed by atoms with E-state index in [1.165, 1.54) is 31.2 Å². The minimum atomic E-state index is 0. The second kappa shape index (κ2) is 8.67. The molecule has 2 aliphatic rings. The number of aliphatic imine (C=N–C) groups is 1. The monoisotopic (exact) mass is 493 g/mol. The van der Waals surface area contributed by atoms with Gasteiger partial charge in [-0.1, -0.05) is 40.9 Å². The van der Waals surface area contributed by atoms with Gasteiger partial charge in [0.25, 0.3) is 0 Å². The number of hydrogen-bond acceptors (Lipinski definition) is 2. The first-order valence-corrected chi connectivity index (χ1v) is 8.88. The summed E-state index contributed by atoms with van der Waals surface area (Å²) in [5.41, 5.74) is 7.74. The van der Waals surface area contributed by atoms with Crippen LogP contribution in [0.3, 0.4) is 0 Å². The predicted molar refractivity (Wildman–Crippen MR) is 109 cm³/mol. The molecule has 1 saturated carbocycles. The Balaban J connectivity index is 0.00000192. The molecule has 0 unspecified atom stereocenters. The maximum atomic E-state index is 6.20. The summed E-state index contributed by atoms with van der Waals surface area (Å²) in [7, 11) is 0. The van der Waals surface area contributed by atoms with Gasteiger partial charge in [0.2, 0.25) is 0 Å². The van der Waals surface area contributed by atoms with Gasteiger partial charge in [-0.25, -0.2) is 0 Å². The molecule has 0 aromatic heterocycles. The van der Waals surface area contributed by atoms with Gasteiger partial charge < -0.3 is 15.4 Å². The second-order valence-electron chi connectivity index (χ2n) is 6.27. The molecule has 1 aromatic rings. The molecule has 2 N–H and O–H groups in total. The lowest BCUT2D eigenvalue weighted by Crippen LogP contribution is -2.45. The number of morpholine rings is 1. The third-order valence-corrected chi connectivity index (χ3v) is 5.37. The SMILES string of the molecule is I.NC(=NCC1(c2cccc(Br)c2)CCCC1)N1CCOCC1. The molecule has 0 spiro atoms. The Morgan fingerprint density at radius 1 is 1.26 bits per heavy atom. The number of nitrogens with two attached hydrogens (primary N) is 1. The number of guanidine groups is 1. The average molecular weight is 494 g/mol. The van der Waals surface area contributed by atoms with Crippen LogP contribution in [-0.2, 0) is 10.2 Å². The fourth-order valence-electron chi connectivity index (χ4n) is 3.53. The zero-order chi connectivity index (χ0) is 15.4. The lowest BCUT2D eigenvalue weighted by Gasteiger charge is -2.31. The summed E-state index contributed by atoms with van der Waals surface area (Å²) in [5, 5.41) is 0. The van der Waals surface area contributed by atoms with Gasteiger partial charge in [-0.2, -0.15) is 0 Å². The Kier molecular flexibility index (Phi) is 7.16. The highest BCUT2D eigenvalue weighted by atomic mass is 127. The molecule has 1 saturated heterocycles. The number of nitrogens with zero attached hydrogens (tertiary/aromatic N) is 2. The van der Waals surface area contributed by atoms with E-state index < -0.39 is 0 Å². The molecule has 128 valence electrons. The van der Waals surface area contributed by atoms with Crippen molar-refractivity contribution in [2.24, 2.45) is 10.7 Å². The van der Waals surface area contributed by atoms with Crippen LogP contribution in [0.5, 0.6) is 0 Å². The van der Waals surface area contributed by atoms with Crippen LogP contribution < -0.4 is 5.73 Å². The molecule has 1 aliphatic carbocycles. The van der Waals surface area contributed by atoms with Gasteiger partial charge in [0.05, 0.1) is 19.8 Å². The first kappa shape index (κ1) is 19.0. The summed E-state index contributed by atoms with van der Waals surface area (Å²) >= 11 is 3.59. The van der Waals surface area contributed by atoms with E-state index in [0.29, 0.717) is 5.96 Å². The van der Waals surface area contributed by atoms with E-state index in [-0.39, 0.29) is 29.4 Å². The van der Waals surface area contributed by atoms with Crippen molar-refractivity contribution in [3.8, 4) is 0 Å². The first-order valence-electron chi connectivity index (χ1n) is 8.08. The zero-order valence-corrected chi connectivity index (χ0v) is 17.3. The standard InChI is InChI=1S/C17H24BrN3O.HI/c18-15-5-3-4-14(12-15)17(6-1-2-7-17)13-20-16(19)21-8-10-22-11-9-21;/h3-5,12H,1-2,6-11,13H2,(H2,19,20);1H. The van der Waals surface area contributed by atoms with Crippen LogP contribution in [0, 0.1) is 0 Å². The Labute approximate surface area is 164 Å². The van der Waals surface area contributed by atoms with Crippen molar-refractivity contribution in [2.75, 3.05) is 32.8 Å². The van der Waals surface area contributed by atoms with Crippen LogP contribution in [0.25, 0.3) is 0 Å². The summed E-state index contributed by atoms with van der Waals surface area (Å²) in [6.45, 7) is 3.96. The highest BCUT2D eigenvalue weighted by molar-refractivity contribution is 14.0. The number of benzene rings is 1. The van der Waals surface area contributed by atoms with E-state index in [2.05, 4.69) is 45.1 Å². The van der Waals surface area contributed by atoms with Gasteiger partial charge in [0.15, 0.2) is 5.96 Å². The predicted octanol–water partition coefficient (Wildman–Crippen LogP) is 3.53. The quantitative estimate of drug-likeness (QED) is 0.398. The first-order chi connectivity index (χ1) is 10.7. The molecular weight excluding hydrogens is 469 g/mol. The average Bonchev–Trinajstić information content (AvgIpc) is 3.04. The maximum Gasteiger partial charge on any atom is 0.191 e. The van der Waals surface area contributed by atoms with Gasteiger partial charge in [0.1, 0.15) is 0 Å². The molecule has 3 rings (SSSR count). The van der Waals surface area contributed by atoms with Gasteiger partial charge in [-0.05, 0) is 30.5 Å². The van der Waals surface area contributed by atoms with Crippen molar-refractivity contribution >= 4 is 45.9 Å². The Bertz CT molecular complexity index is 540. The topological polar surface area (TPSA) is 50.8 Å². The molecule has 1 aliphatic heterocycles. The van der Waals surface area contributed by atoms with Crippen molar-refractivity contribution in [3.05, 3.63) is 34.3 Å². The van der Waals surface area contributed by atoms with E-state index in [0.717, 1.165) is 37.3 Å². The Hall–Kier alpha value is -0.340. The van der Waals surface area contributed by atoms with Crippen LogP contribution in [-0.4, -0.2) is 43.7 Å². The molecule has 1 heterocycles. The molecule has 0 amide bonds. The normalized spacial score (nSPS) is 21.1. The smallest absolute Gasteiger partial charge is 0.191 e. The van der Waals surface area contributed by atoms with Gasteiger partial charge in [-0.15, -0.1) is 24.0 Å². The number of rotatable bonds is 3. The molecule has 0 bridgehead atoms. The molecule has 1 aromatic carbocycles.